The van der Waals surface area contributed by atoms with Crippen LogP contribution in [-0.2, 0) is 5.41 Å². The Bertz CT molecular complexity index is 2390. The van der Waals surface area contributed by atoms with E-state index in [4.69, 9.17) is 0 Å². The lowest BCUT2D eigenvalue weighted by atomic mass is 9.43. The largest absolute Gasteiger partial charge is 0.311 e. The molecule has 4 fully saturated rings. The first-order valence-corrected chi connectivity index (χ1v) is 19.0. The highest BCUT2D eigenvalue weighted by atomic mass is 15.1. The molecule has 0 amide bonds. The van der Waals surface area contributed by atoms with Crippen LogP contribution >= 0.6 is 0 Å². The van der Waals surface area contributed by atoms with Gasteiger partial charge in [-0.25, -0.2) is 0 Å². The van der Waals surface area contributed by atoms with Crippen molar-refractivity contribution in [3.8, 4) is 33.4 Å². The summed E-state index contributed by atoms with van der Waals surface area (Å²) >= 11 is 0. The minimum atomic E-state index is 0.193. The van der Waals surface area contributed by atoms with Crippen molar-refractivity contribution in [2.24, 2.45) is 23.7 Å². The molecule has 0 atom stereocenters. The third-order valence-electron chi connectivity index (χ3n) is 13.2. The smallest absolute Gasteiger partial charge is 0.0462 e. The molecule has 7 aromatic carbocycles. The SMILES string of the molecule is c1ccc(N(c2ccc(-c3ccc4ccccc4c3)cc2)c2ccc(-c3cccc4c3-c3ccccc3C43C4CC5CC(C4)CC3C5)cc2)cc1. The van der Waals surface area contributed by atoms with Gasteiger partial charge >= 0.3 is 0 Å². The molecular weight excluding hydrogens is 615 g/mol. The number of nitrogens with zero attached hydrogens (tertiary/aromatic N) is 1. The highest BCUT2D eigenvalue weighted by Gasteiger charge is 2.61. The molecule has 1 nitrogen and oxygen atoms in total. The Kier molecular flexibility index (Phi) is 6.50. The van der Waals surface area contributed by atoms with Crippen LogP contribution in [-0.4, -0.2) is 0 Å². The molecule has 51 heavy (non-hydrogen) atoms. The van der Waals surface area contributed by atoms with E-state index in [2.05, 4.69) is 169 Å². The number of benzene rings is 7. The fourth-order valence-electron chi connectivity index (χ4n) is 11.4. The molecule has 0 saturated heterocycles. The standard InChI is InChI=1S/C50H41N/c1-2-11-42(12-3-1)51(43-23-19-36(20-24-43)39-18-17-35-9-4-5-10-38(35)32-39)44-25-21-37(22-26-44)45-14-8-16-48-49(45)46-13-6-7-15-47(46)50(48)40-28-33-27-34(30-40)31-41(50)29-33/h1-26,32-34,40-41H,27-31H2. The van der Waals surface area contributed by atoms with E-state index in [1.54, 1.807) is 11.1 Å². The fraction of sp³-hybridized carbons (Fsp3) is 0.200. The van der Waals surface area contributed by atoms with Crippen LogP contribution in [0.2, 0.25) is 0 Å². The quantitative estimate of drug-likeness (QED) is 0.178. The molecule has 1 spiro atoms. The summed E-state index contributed by atoms with van der Waals surface area (Å²) in [5, 5.41) is 2.54. The van der Waals surface area contributed by atoms with Gasteiger partial charge in [-0.3, -0.25) is 0 Å². The highest BCUT2D eigenvalue weighted by Crippen LogP contribution is 2.70. The molecule has 0 radical (unpaired) electrons. The molecule has 12 rings (SSSR count). The third kappa shape index (κ3) is 4.40. The van der Waals surface area contributed by atoms with E-state index in [9.17, 15) is 0 Å². The van der Waals surface area contributed by atoms with E-state index in [0.717, 1.165) is 40.7 Å². The minimum Gasteiger partial charge on any atom is -0.311 e. The summed E-state index contributed by atoms with van der Waals surface area (Å²) in [6, 6.07) is 61.2. The second kappa shape index (κ2) is 11.3. The maximum absolute atomic E-state index is 2.51. The average molecular weight is 656 g/mol. The molecule has 0 aromatic heterocycles. The summed E-state index contributed by atoms with van der Waals surface area (Å²) in [4.78, 5) is 2.38. The molecule has 4 saturated carbocycles. The van der Waals surface area contributed by atoms with Crippen LogP contribution in [0, 0.1) is 23.7 Å². The zero-order chi connectivity index (χ0) is 33.5. The summed E-state index contributed by atoms with van der Waals surface area (Å²) in [6.45, 7) is 0. The molecule has 1 heteroatoms. The molecule has 0 unspecified atom stereocenters. The predicted octanol–water partition coefficient (Wildman–Crippen LogP) is 13.4. The van der Waals surface area contributed by atoms with Gasteiger partial charge in [0.15, 0.2) is 0 Å². The minimum absolute atomic E-state index is 0.193. The van der Waals surface area contributed by atoms with E-state index >= 15 is 0 Å². The number of para-hydroxylation sites is 1. The van der Waals surface area contributed by atoms with E-state index < -0.39 is 0 Å². The van der Waals surface area contributed by atoms with E-state index in [-0.39, 0.29) is 5.41 Å². The van der Waals surface area contributed by atoms with Crippen molar-refractivity contribution >= 4 is 27.8 Å². The average Bonchev–Trinajstić information content (AvgIpc) is 3.49. The Morgan fingerprint density at radius 1 is 0.392 bits per heavy atom. The molecule has 5 aliphatic carbocycles. The number of anilines is 3. The first-order valence-electron chi connectivity index (χ1n) is 19.0. The van der Waals surface area contributed by atoms with Crippen LogP contribution in [0.1, 0.15) is 43.2 Å². The molecule has 246 valence electrons. The lowest BCUT2D eigenvalue weighted by Crippen LogP contribution is -2.55. The van der Waals surface area contributed by atoms with Crippen molar-refractivity contribution in [1.82, 2.24) is 0 Å². The van der Waals surface area contributed by atoms with Gasteiger partial charge in [0, 0.05) is 22.5 Å². The number of rotatable bonds is 5. The second-order valence-electron chi connectivity index (χ2n) is 15.8. The van der Waals surface area contributed by atoms with Gasteiger partial charge in [-0.2, -0.15) is 0 Å². The zero-order valence-electron chi connectivity index (χ0n) is 28.9. The first kappa shape index (κ1) is 29.3. The van der Waals surface area contributed by atoms with Gasteiger partial charge in [0.2, 0.25) is 0 Å². The molecule has 7 aromatic rings. The van der Waals surface area contributed by atoms with Crippen molar-refractivity contribution < 1.29 is 0 Å². The Balaban J connectivity index is 0.979. The van der Waals surface area contributed by atoms with Crippen LogP contribution in [0.4, 0.5) is 17.1 Å². The molecule has 0 heterocycles. The molecule has 4 bridgehead atoms. The van der Waals surface area contributed by atoms with Crippen molar-refractivity contribution in [1.29, 1.82) is 0 Å². The first-order chi connectivity index (χ1) is 25.2. The van der Waals surface area contributed by atoms with Crippen LogP contribution in [0.3, 0.4) is 0 Å². The van der Waals surface area contributed by atoms with E-state index in [1.165, 1.54) is 76.3 Å². The van der Waals surface area contributed by atoms with Crippen molar-refractivity contribution in [2.45, 2.75) is 37.5 Å². The van der Waals surface area contributed by atoms with E-state index in [0.29, 0.717) is 0 Å². The fourth-order valence-corrected chi connectivity index (χ4v) is 11.4. The zero-order valence-corrected chi connectivity index (χ0v) is 28.9. The topological polar surface area (TPSA) is 3.24 Å². The predicted molar refractivity (Wildman–Crippen MR) is 213 cm³/mol. The van der Waals surface area contributed by atoms with Gasteiger partial charge in [0.25, 0.3) is 0 Å². The van der Waals surface area contributed by atoms with Gasteiger partial charge in [0.1, 0.15) is 0 Å². The van der Waals surface area contributed by atoms with Gasteiger partial charge in [0.05, 0.1) is 0 Å². The van der Waals surface area contributed by atoms with Crippen molar-refractivity contribution in [3.05, 3.63) is 175 Å². The lowest BCUT2D eigenvalue weighted by Gasteiger charge is -2.61. The van der Waals surface area contributed by atoms with Crippen LogP contribution in [0.25, 0.3) is 44.2 Å². The summed E-state index contributed by atoms with van der Waals surface area (Å²) in [7, 11) is 0. The summed E-state index contributed by atoms with van der Waals surface area (Å²) in [5.74, 6) is 3.46. The normalized spacial score (nSPS) is 23.8. The Morgan fingerprint density at radius 3 is 1.67 bits per heavy atom. The van der Waals surface area contributed by atoms with Crippen LogP contribution < -0.4 is 4.90 Å². The van der Waals surface area contributed by atoms with Crippen molar-refractivity contribution in [2.75, 3.05) is 4.90 Å². The number of hydrogen-bond acceptors (Lipinski definition) is 1. The van der Waals surface area contributed by atoms with Gasteiger partial charge in [-0.05, 0) is 154 Å². The Hall–Kier alpha value is -5.40. The summed E-state index contributed by atoms with van der Waals surface area (Å²) < 4.78 is 0. The number of hydrogen-bond donors (Lipinski definition) is 0. The van der Waals surface area contributed by atoms with Crippen LogP contribution in [0.15, 0.2) is 164 Å². The van der Waals surface area contributed by atoms with Crippen molar-refractivity contribution in [3.63, 3.8) is 0 Å². The maximum Gasteiger partial charge on any atom is 0.0462 e. The molecule has 0 N–H and O–H groups in total. The van der Waals surface area contributed by atoms with Crippen LogP contribution in [0.5, 0.6) is 0 Å². The number of fused-ring (bicyclic) bond motifs is 4. The Morgan fingerprint density at radius 2 is 0.941 bits per heavy atom. The molecule has 0 aliphatic heterocycles. The summed E-state index contributed by atoms with van der Waals surface area (Å²) in [5.41, 5.74) is 15.0. The third-order valence-corrected chi connectivity index (χ3v) is 13.2. The molecule has 5 aliphatic rings. The Labute approximate surface area is 301 Å². The van der Waals surface area contributed by atoms with Gasteiger partial charge < -0.3 is 4.90 Å². The lowest BCUT2D eigenvalue weighted by molar-refractivity contribution is -0.0399. The molecular formula is C50H41N. The van der Waals surface area contributed by atoms with Gasteiger partial charge in [-0.15, -0.1) is 0 Å². The maximum atomic E-state index is 2.51. The summed E-state index contributed by atoms with van der Waals surface area (Å²) in [6.07, 6.45) is 7.14. The second-order valence-corrected chi connectivity index (χ2v) is 15.8. The monoisotopic (exact) mass is 655 g/mol. The van der Waals surface area contributed by atoms with E-state index in [1.807, 2.05) is 0 Å². The van der Waals surface area contributed by atoms with Gasteiger partial charge in [-0.1, -0.05) is 121 Å². The highest BCUT2D eigenvalue weighted by molar-refractivity contribution is 5.94.